The maximum atomic E-state index is 12.4. The van der Waals surface area contributed by atoms with E-state index in [1.165, 1.54) is 5.56 Å². The van der Waals surface area contributed by atoms with Gasteiger partial charge in [0, 0.05) is 0 Å². The summed E-state index contributed by atoms with van der Waals surface area (Å²) in [6, 6.07) is 10.2. The van der Waals surface area contributed by atoms with Gasteiger partial charge in [-0.1, -0.05) is 30.3 Å². The molecule has 0 N–H and O–H groups in total. The summed E-state index contributed by atoms with van der Waals surface area (Å²) in [6.07, 6.45) is 1.96. The largest absolute Gasteiger partial charge is 0.248 e. The molecule has 0 saturated heterocycles. The summed E-state index contributed by atoms with van der Waals surface area (Å²) in [5.74, 6) is 0. The smallest absolute Gasteiger partial charge is 0.0973 e. The lowest BCUT2D eigenvalue weighted by molar-refractivity contribution is 0.334. The van der Waals surface area contributed by atoms with Gasteiger partial charge in [-0.3, -0.25) is 0 Å². The first kappa shape index (κ1) is 9.24. The lowest BCUT2D eigenvalue weighted by Crippen LogP contribution is -1.93. The third kappa shape index (κ3) is 3.51. The Balaban J connectivity index is 2.25. The Labute approximate surface area is 73.4 Å². The minimum absolute atomic E-state index is 0.659. The van der Waals surface area contributed by atoms with E-state index in [9.17, 15) is 4.39 Å². The first-order chi connectivity index (χ1) is 5.79. The van der Waals surface area contributed by atoms with E-state index in [1.807, 2.05) is 18.2 Å². The molecule has 0 fully saturated rings. The van der Waals surface area contributed by atoms with Gasteiger partial charge >= 0.3 is 0 Å². The van der Waals surface area contributed by atoms with Crippen molar-refractivity contribution in [3.8, 4) is 0 Å². The highest BCUT2D eigenvalue weighted by Crippen LogP contribution is 2.07. The molecule has 0 aliphatic carbocycles. The second kappa shape index (κ2) is 4.91. The zero-order chi connectivity index (χ0) is 8.81. The third-order valence-electron chi connectivity index (χ3n) is 1.91. The van der Waals surface area contributed by atoms with Crippen LogP contribution >= 0.6 is 0 Å². The molecule has 1 heteroatoms. The number of hydrogen-bond donors (Lipinski definition) is 0. The second-order valence-electron chi connectivity index (χ2n) is 3.16. The van der Waals surface area contributed by atoms with E-state index in [0.29, 0.717) is 6.42 Å². The quantitative estimate of drug-likeness (QED) is 0.643. The minimum Gasteiger partial charge on any atom is -0.248 e. The van der Waals surface area contributed by atoms with E-state index in [1.54, 1.807) is 6.92 Å². The van der Waals surface area contributed by atoms with Crippen molar-refractivity contribution in [2.24, 2.45) is 0 Å². The van der Waals surface area contributed by atoms with Crippen molar-refractivity contribution in [2.75, 3.05) is 0 Å². The average molecular weight is 166 g/mol. The van der Waals surface area contributed by atoms with Crippen molar-refractivity contribution in [1.82, 2.24) is 0 Å². The number of rotatable bonds is 4. The van der Waals surface area contributed by atoms with Crippen LogP contribution in [-0.4, -0.2) is 6.17 Å². The van der Waals surface area contributed by atoms with Crippen molar-refractivity contribution < 1.29 is 4.39 Å². The maximum absolute atomic E-state index is 12.4. The van der Waals surface area contributed by atoms with Gasteiger partial charge in [-0.25, -0.2) is 4.39 Å². The molecule has 0 bridgehead atoms. The zero-order valence-electron chi connectivity index (χ0n) is 7.46. The standard InChI is InChI=1S/C11H15F/c1-10(12)6-5-9-11-7-3-2-4-8-11/h2-4,7-8,10H,5-6,9H2,1H3/t10-/m1/s1. The van der Waals surface area contributed by atoms with E-state index in [0.717, 1.165) is 12.8 Å². The van der Waals surface area contributed by atoms with E-state index in [2.05, 4.69) is 12.1 Å². The molecule has 0 amide bonds. The molecule has 0 heterocycles. The van der Waals surface area contributed by atoms with Crippen LogP contribution in [-0.2, 0) is 6.42 Å². The summed E-state index contributed by atoms with van der Waals surface area (Å²) in [5.41, 5.74) is 1.30. The molecule has 0 saturated carbocycles. The van der Waals surface area contributed by atoms with Crippen molar-refractivity contribution in [1.29, 1.82) is 0 Å². The maximum Gasteiger partial charge on any atom is 0.0973 e. The number of halogens is 1. The Morgan fingerprint density at radius 1 is 1.25 bits per heavy atom. The summed E-state index contributed by atoms with van der Waals surface area (Å²) in [7, 11) is 0. The predicted octanol–water partition coefficient (Wildman–Crippen LogP) is 3.37. The molecule has 1 aromatic rings. The Bertz CT molecular complexity index is 204. The lowest BCUT2D eigenvalue weighted by Gasteiger charge is -2.01. The van der Waals surface area contributed by atoms with Crippen molar-refractivity contribution in [2.45, 2.75) is 32.4 Å². The van der Waals surface area contributed by atoms with Crippen LogP contribution in [0.2, 0.25) is 0 Å². The molecule has 12 heavy (non-hydrogen) atoms. The topological polar surface area (TPSA) is 0 Å². The Morgan fingerprint density at radius 3 is 2.50 bits per heavy atom. The monoisotopic (exact) mass is 166 g/mol. The highest BCUT2D eigenvalue weighted by atomic mass is 19.1. The molecule has 0 aromatic heterocycles. The Kier molecular flexibility index (Phi) is 3.78. The number of hydrogen-bond acceptors (Lipinski definition) is 0. The van der Waals surface area contributed by atoms with Gasteiger partial charge in [-0.2, -0.15) is 0 Å². The summed E-state index contributed by atoms with van der Waals surface area (Å²) in [5, 5.41) is 0. The first-order valence-corrected chi connectivity index (χ1v) is 4.47. The molecule has 0 radical (unpaired) electrons. The van der Waals surface area contributed by atoms with Gasteiger partial charge in [0.2, 0.25) is 0 Å². The SMILES string of the molecule is C[C@@H](F)CCCc1ccccc1. The summed E-state index contributed by atoms with van der Waals surface area (Å²) >= 11 is 0. The molecule has 1 rings (SSSR count). The molecule has 0 nitrogen and oxygen atoms in total. The van der Waals surface area contributed by atoms with Gasteiger partial charge in [0.05, 0.1) is 6.17 Å². The summed E-state index contributed by atoms with van der Waals surface area (Å²) < 4.78 is 12.4. The van der Waals surface area contributed by atoms with E-state index >= 15 is 0 Å². The van der Waals surface area contributed by atoms with Crippen LogP contribution < -0.4 is 0 Å². The average Bonchev–Trinajstić information content (AvgIpc) is 2.05. The molecule has 0 spiro atoms. The fourth-order valence-electron chi connectivity index (χ4n) is 1.23. The molecule has 0 aliphatic rings. The van der Waals surface area contributed by atoms with Crippen LogP contribution in [0.15, 0.2) is 30.3 Å². The van der Waals surface area contributed by atoms with Gasteiger partial charge < -0.3 is 0 Å². The van der Waals surface area contributed by atoms with Gasteiger partial charge in [-0.15, -0.1) is 0 Å². The van der Waals surface area contributed by atoms with Crippen LogP contribution in [0.4, 0.5) is 4.39 Å². The molecule has 1 atom stereocenters. The first-order valence-electron chi connectivity index (χ1n) is 4.47. The van der Waals surface area contributed by atoms with Crippen LogP contribution in [0, 0.1) is 0 Å². The highest BCUT2D eigenvalue weighted by molar-refractivity contribution is 5.14. The molecule has 0 aliphatic heterocycles. The zero-order valence-corrected chi connectivity index (χ0v) is 7.46. The Morgan fingerprint density at radius 2 is 1.92 bits per heavy atom. The van der Waals surface area contributed by atoms with E-state index < -0.39 is 6.17 Å². The number of aryl methyl sites for hydroxylation is 1. The molecular weight excluding hydrogens is 151 g/mol. The van der Waals surface area contributed by atoms with Crippen molar-refractivity contribution in [3.63, 3.8) is 0 Å². The summed E-state index contributed by atoms with van der Waals surface area (Å²) in [6.45, 7) is 1.62. The van der Waals surface area contributed by atoms with Gasteiger partial charge in [-0.05, 0) is 31.7 Å². The minimum atomic E-state index is -0.659. The van der Waals surface area contributed by atoms with Gasteiger partial charge in [0.25, 0.3) is 0 Å². The fourth-order valence-corrected chi connectivity index (χ4v) is 1.23. The number of alkyl halides is 1. The molecular formula is C11H15F. The molecule has 1 aromatic carbocycles. The Hall–Kier alpha value is -0.850. The fraction of sp³-hybridized carbons (Fsp3) is 0.455. The van der Waals surface area contributed by atoms with Gasteiger partial charge in [0.1, 0.15) is 0 Å². The predicted molar refractivity (Wildman–Crippen MR) is 50.0 cm³/mol. The van der Waals surface area contributed by atoms with Crippen LogP contribution in [0.3, 0.4) is 0 Å². The highest BCUT2D eigenvalue weighted by Gasteiger charge is 1.97. The van der Waals surface area contributed by atoms with Crippen LogP contribution in [0.25, 0.3) is 0 Å². The molecule has 66 valence electrons. The van der Waals surface area contributed by atoms with E-state index in [4.69, 9.17) is 0 Å². The van der Waals surface area contributed by atoms with Crippen molar-refractivity contribution in [3.05, 3.63) is 35.9 Å². The van der Waals surface area contributed by atoms with Gasteiger partial charge in [0.15, 0.2) is 0 Å². The lowest BCUT2D eigenvalue weighted by atomic mass is 10.1. The molecule has 0 unspecified atom stereocenters. The van der Waals surface area contributed by atoms with Crippen molar-refractivity contribution >= 4 is 0 Å². The van der Waals surface area contributed by atoms with E-state index in [-0.39, 0.29) is 0 Å². The third-order valence-corrected chi connectivity index (χ3v) is 1.91. The summed E-state index contributed by atoms with van der Waals surface area (Å²) in [4.78, 5) is 0. The van der Waals surface area contributed by atoms with Crippen LogP contribution in [0.5, 0.6) is 0 Å². The number of benzene rings is 1. The second-order valence-corrected chi connectivity index (χ2v) is 3.16. The van der Waals surface area contributed by atoms with Crippen LogP contribution in [0.1, 0.15) is 25.3 Å². The normalized spacial score (nSPS) is 12.8.